The highest BCUT2D eigenvalue weighted by Crippen LogP contribution is 2.24. The molecule has 0 aromatic heterocycles. The van der Waals surface area contributed by atoms with E-state index in [0.29, 0.717) is 26.2 Å². The van der Waals surface area contributed by atoms with Crippen molar-refractivity contribution in [3.05, 3.63) is 0 Å². The van der Waals surface area contributed by atoms with Gasteiger partial charge in [0.2, 0.25) is 0 Å². The van der Waals surface area contributed by atoms with Crippen LogP contribution in [-0.2, 0) is 13.3 Å². The maximum absolute atomic E-state index is 12.0. The van der Waals surface area contributed by atoms with Crippen molar-refractivity contribution in [1.82, 2.24) is 0 Å². The Morgan fingerprint density at radius 1 is 0.714 bits per heavy atom. The lowest BCUT2D eigenvalue weighted by Crippen LogP contribution is -2.45. The van der Waals surface area contributed by atoms with Gasteiger partial charge in [-0.2, -0.15) is 13.2 Å². The van der Waals surface area contributed by atoms with Gasteiger partial charge in [0.15, 0.2) is 0 Å². The van der Waals surface area contributed by atoms with Gasteiger partial charge in [-0.15, -0.1) is 0 Å². The Balaban J connectivity index is 3.91. The van der Waals surface area contributed by atoms with Gasteiger partial charge in [-0.3, -0.25) is 0 Å². The summed E-state index contributed by atoms with van der Waals surface area (Å²) in [5.74, 6) is 0. The molecule has 0 amide bonds. The minimum atomic E-state index is -4.03. The molecule has 3 nitrogen and oxygen atoms in total. The standard InChI is InChI=1S/C14H29F3O3Si/c1-4-18-21(19-5-2,20-6-3)13-11-9-7-8-10-12-14(15,16)17/h4-13H2,1-3H3. The van der Waals surface area contributed by atoms with E-state index in [0.717, 1.165) is 25.3 Å². The van der Waals surface area contributed by atoms with Crippen LogP contribution in [0.1, 0.15) is 59.3 Å². The Morgan fingerprint density at radius 3 is 1.57 bits per heavy atom. The number of alkyl halides is 3. The van der Waals surface area contributed by atoms with Crippen molar-refractivity contribution in [3.8, 4) is 0 Å². The fraction of sp³-hybridized carbons (Fsp3) is 1.00. The van der Waals surface area contributed by atoms with Crippen molar-refractivity contribution in [3.63, 3.8) is 0 Å². The number of hydrogen-bond donors (Lipinski definition) is 0. The molecule has 0 bridgehead atoms. The summed E-state index contributed by atoms with van der Waals surface area (Å²) in [4.78, 5) is 0. The summed E-state index contributed by atoms with van der Waals surface area (Å²) >= 11 is 0. The average molecular weight is 330 g/mol. The van der Waals surface area contributed by atoms with Crippen molar-refractivity contribution in [2.75, 3.05) is 19.8 Å². The summed E-state index contributed by atoms with van der Waals surface area (Å²) in [5.41, 5.74) is 0. The molecule has 0 radical (unpaired) electrons. The monoisotopic (exact) mass is 330 g/mol. The van der Waals surface area contributed by atoms with E-state index >= 15 is 0 Å². The molecule has 0 heterocycles. The number of unbranched alkanes of at least 4 members (excludes halogenated alkanes) is 4. The van der Waals surface area contributed by atoms with E-state index in [1.165, 1.54) is 0 Å². The first kappa shape index (κ1) is 20.9. The maximum atomic E-state index is 12.0. The molecule has 0 aliphatic carbocycles. The largest absolute Gasteiger partial charge is 0.500 e. The van der Waals surface area contributed by atoms with Gasteiger partial charge in [0, 0.05) is 32.3 Å². The molecule has 0 saturated heterocycles. The molecule has 0 aromatic carbocycles. The van der Waals surface area contributed by atoms with Crippen LogP contribution in [0.4, 0.5) is 13.2 Å². The van der Waals surface area contributed by atoms with Gasteiger partial charge in [-0.1, -0.05) is 19.3 Å². The number of hydrogen-bond acceptors (Lipinski definition) is 3. The second-order valence-electron chi connectivity index (χ2n) is 4.86. The van der Waals surface area contributed by atoms with Gasteiger partial charge < -0.3 is 13.3 Å². The van der Waals surface area contributed by atoms with Crippen LogP contribution >= 0.6 is 0 Å². The Hall–Kier alpha value is -0.113. The average Bonchev–Trinajstić information content (AvgIpc) is 2.37. The molecule has 128 valence electrons. The summed E-state index contributed by atoms with van der Waals surface area (Å²) in [6.45, 7) is 7.40. The predicted molar refractivity (Wildman–Crippen MR) is 79.2 cm³/mol. The van der Waals surface area contributed by atoms with E-state index in [4.69, 9.17) is 13.3 Å². The second-order valence-corrected chi connectivity index (χ2v) is 7.60. The lowest BCUT2D eigenvalue weighted by Gasteiger charge is -2.28. The van der Waals surface area contributed by atoms with Crippen LogP contribution in [0.5, 0.6) is 0 Å². The minimum Gasteiger partial charge on any atom is -0.374 e. The van der Waals surface area contributed by atoms with Crippen molar-refractivity contribution in [2.45, 2.75) is 71.5 Å². The summed E-state index contributed by atoms with van der Waals surface area (Å²) in [7, 11) is -2.57. The molecule has 0 unspecified atom stereocenters. The lowest BCUT2D eigenvalue weighted by atomic mass is 10.1. The van der Waals surface area contributed by atoms with Crippen molar-refractivity contribution >= 4 is 8.80 Å². The molecular weight excluding hydrogens is 301 g/mol. The van der Waals surface area contributed by atoms with Gasteiger partial charge in [0.25, 0.3) is 0 Å². The molecule has 0 spiro atoms. The Bertz CT molecular complexity index is 233. The zero-order chi connectivity index (χ0) is 16.2. The molecule has 0 saturated carbocycles. The topological polar surface area (TPSA) is 27.7 Å². The second kappa shape index (κ2) is 11.5. The molecule has 21 heavy (non-hydrogen) atoms. The molecule has 0 aromatic rings. The molecule has 0 aliphatic heterocycles. The van der Waals surface area contributed by atoms with Crippen LogP contribution < -0.4 is 0 Å². The van der Waals surface area contributed by atoms with Gasteiger partial charge in [-0.25, -0.2) is 0 Å². The summed E-state index contributed by atoms with van der Waals surface area (Å²) in [6, 6.07) is 0.738. The number of halogens is 3. The smallest absolute Gasteiger partial charge is 0.374 e. The third-order valence-corrected chi connectivity index (χ3v) is 6.19. The van der Waals surface area contributed by atoms with E-state index in [1.807, 2.05) is 20.8 Å². The molecule has 0 N–H and O–H groups in total. The van der Waals surface area contributed by atoms with Crippen LogP contribution in [0, 0.1) is 0 Å². The minimum absolute atomic E-state index is 0.217. The fourth-order valence-electron chi connectivity index (χ4n) is 2.20. The van der Waals surface area contributed by atoms with Crippen LogP contribution in [-0.4, -0.2) is 34.8 Å². The Morgan fingerprint density at radius 2 is 1.14 bits per heavy atom. The SMILES string of the molecule is CCO[Si](CCCCCCCC(F)(F)F)(OCC)OCC. The first-order valence-corrected chi connectivity index (χ1v) is 9.81. The lowest BCUT2D eigenvalue weighted by molar-refractivity contribution is -0.135. The quantitative estimate of drug-likeness (QED) is 0.354. The summed E-state index contributed by atoms with van der Waals surface area (Å²) < 4.78 is 53.2. The molecule has 0 atom stereocenters. The van der Waals surface area contributed by atoms with Crippen molar-refractivity contribution in [1.29, 1.82) is 0 Å². The van der Waals surface area contributed by atoms with Crippen LogP contribution in [0.3, 0.4) is 0 Å². The highest BCUT2D eigenvalue weighted by atomic mass is 28.4. The van der Waals surface area contributed by atoms with Gasteiger partial charge in [0.1, 0.15) is 0 Å². The van der Waals surface area contributed by atoms with Gasteiger partial charge >= 0.3 is 15.0 Å². The molecule has 0 fully saturated rings. The first-order chi connectivity index (χ1) is 9.89. The molecule has 0 rings (SSSR count). The Kier molecular flexibility index (Phi) is 11.4. The third-order valence-electron chi connectivity index (χ3n) is 3.04. The summed E-state index contributed by atoms with van der Waals surface area (Å²) in [6.07, 6.45) is -1.30. The van der Waals surface area contributed by atoms with E-state index in [-0.39, 0.29) is 6.42 Å². The third kappa shape index (κ3) is 11.2. The maximum Gasteiger partial charge on any atom is 0.500 e. The van der Waals surface area contributed by atoms with E-state index in [2.05, 4.69) is 0 Å². The fourth-order valence-corrected chi connectivity index (χ4v) is 4.88. The molecular formula is C14H29F3O3Si. The van der Waals surface area contributed by atoms with Crippen molar-refractivity contribution in [2.24, 2.45) is 0 Å². The highest BCUT2D eigenvalue weighted by Gasteiger charge is 2.39. The zero-order valence-corrected chi connectivity index (χ0v) is 14.4. The van der Waals surface area contributed by atoms with Crippen LogP contribution in [0.25, 0.3) is 0 Å². The normalized spacial score (nSPS) is 12.9. The van der Waals surface area contributed by atoms with Gasteiger partial charge in [0.05, 0.1) is 0 Å². The zero-order valence-electron chi connectivity index (χ0n) is 13.4. The number of rotatable bonds is 13. The highest BCUT2D eigenvalue weighted by molar-refractivity contribution is 6.60. The Labute approximate surface area is 127 Å². The molecule has 0 aliphatic rings. The van der Waals surface area contributed by atoms with E-state index < -0.39 is 21.4 Å². The van der Waals surface area contributed by atoms with Crippen LogP contribution in [0.2, 0.25) is 6.04 Å². The van der Waals surface area contributed by atoms with Gasteiger partial charge in [-0.05, 0) is 33.6 Å². The summed E-state index contributed by atoms with van der Waals surface area (Å²) in [5, 5.41) is 0. The van der Waals surface area contributed by atoms with E-state index in [9.17, 15) is 13.2 Å². The first-order valence-electron chi connectivity index (χ1n) is 7.87. The molecule has 7 heteroatoms. The van der Waals surface area contributed by atoms with Crippen molar-refractivity contribution < 1.29 is 26.4 Å². The predicted octanol–water partition coefficient (Wildman–Crippen LogP) is 4.94. The van der Waals surface area contributed by atoms with E-state index in [1.54, 1.807) is 0 Å². The van der Waals surface area contributed by atoms with Crippen LogP contribution in [0.15, 0.2) is 0 Å².